The molecule has 21 heavy (non-hydrogen) atoms. The van der Waals surface area contributed by atoms with Crippen LogP contribution in [0.25, 0.3) is 0 Å². The van der Waals surface area contributed by atoms with Crippen LogP contribution in [0.4, 0.5) is 0 Å². The summed E-state index contributed by atoms with van der Waals surface area (Å²) < 4.78 is 30.1. The minimum absolute atomic E-state index is 0.114. The predicted molar refractivity (Wildman–Crippen MR) is 81.5 cm³/mol. The fraction of sp³-hybridized carbons (Fsp3) is 0.500. The number of hydrogen-bond donors (Lipinski definition) is 1. The molecular formula is C16H22O4S. The quantitative estimate of drug-likeness (QED) is 0.686. The summed E-state index contributed by atoms with van der Waals surface area (Å²) in [4.78, 5) is 0.114. The van der Waals surface area contributed by atoms with Crippen LogP contribution in [-0.4, -0.2) is 25.2 Å². The average Bonchev–Trinajstić information content (AvgIpc) is 2.41. The molecule has 1 saturated carbocycles. The van der Waals surface area contributed by atoms with Crippen molar-refractivity contribution in [2.75, 3.05) is 0 Å². The molecular weight excluding hydrogens is 288 g/mol. The van der Waals surface area contributed by atoms with E-state index in [1.165, 1.54) is 12.1 Å². The molecule has 1 fully saturated rings. The van der Waals surface area contributed by atoms with Crippen LogP contribution >= 0.6 is 0 Å². The Morgan fingerprint density at radius 3 is 2.52 bits per heavy atom. The average molecular weight is 310 g/mol. The van der Waals surface area contributed by atoms with Gasteiger partial charge in [0.2, 0.25) is 0 Å². The molecule has 0 saturated heterocycles. The van der Waals surface area contributed by atoms with Gasteiger partial charge in [0.05, 0.1) is 4.90 Å². The Balaban J connectivity index is 2.26. The van der Waals surface area contributed by atoms with Gasteiger partial charge in [-0.3, -0.25) is 4.18 Å². The highest BCUT2D eigenvalue weighted by Crippen LogP contribution is 2.37. The summed E-state index contributed by atoms with van der Waals surface area (Å²) in [5, 5.41) is 10.7. The van der Waals surface area contributed by atoms with Gasteiger partial charge >= 0.3 is 0 Å². The van der Waals surface area contributed by atoms with E-state index in [1.54, 1.807) is 19.1 Å². The highest BCUT2D eigenvalue weighted by atomic mass is 32.2. The SMILES string of the molecule is C=C(C)C1(O)CCCCC1OS(=O)(=O)c1ccc(C)cc1. The highest BCUT2D eigenvalue weighted by molar-refractivity contribution is 7.86. The number of rotatable bonds is 4. The Hall–Kier alpha value is -1.17. The van der Waals surface area contributed by atoms with E-state index in [-0.39, 0.29) is 4.90 Å². The first-order valence-corrected chi connectivity index (χ1v) is 8.55. The van der Waals surface area contributed by atoms with Crippen molar-refractivity contribution in [3.63, 3.8) is 0 Å². The van der Waals surface area contributed by atoms with E-state index in [0.29, 0.717) is 18.4 Å². The third-order valence-corrected chi connectivity index (χ3v) is 5.43. The van der Waals surface area contributed by atoms with Gasteiger partial charge in [-0.25, -0.2) is 0 Å². The fourth-order valence-electron chi connectivity index (χ4n) is 2.65. The summed E-state index contributed by atoms with van der Waals surface area (Å²) in [7, 11) is -3.88. The van der Waals surface area contributed by atoms with Crippen molar-refractivity contribution in [1.29, 1.82) is 0 Å². The number of benzene rings is 1. The fourth-order valence-corrected chi connectivity index (χ4v) is 3.80. The lowest BCUT2D eigenvalue weighted by atomic mass is 9.78. The molecule has 2 unspecified atom stereocenters. The summed E-state index contributed by atoms with van der Waals surface area (Å²) in [6.45, 7) is 7.39. The van der Waals surface area contributed by atoms with Crippen LogP contribution in [0.15, 0.2) is 41.3 Å². The Kier molecular flexibility index (Phi) is 4.56. The van der Waals surface area contributed by atoms with Gasteiger partial charge in [0.1, 0.15) is 11.7 Å². The van der Waals surface area contributed by atoms with E-state index in [2.05, 4.69) is 6.58 Å². The van der Waals surface area contributed by atoms with Crippen LogP contribution in [0.1, 0.15) is 38.2 Å². The van der Waals surface area contributed by atoms with Gasteiger partial charge in [-0.05, 0) is 44.4 Å². The largest absolute Gasteiger partial charge is 0.383 e. The molecule has 1 aliphatic rings. The van der Waals surface area contributed by atoms with E-state index in [4.69, 9.17) is 4.18 Å². The molecule has 4 nitrogen and oxygen atoms in total. The van der Waals surface area contributed by atoms with Crippen molar-refractivity contribution in [1.82, 2.24) is 0 Å². The normalized spacial score (nSPS) is 26.5. The molecule has 1 N–H and O–H groups in total. The van der Waals surface area contributed by atoms with E-state index >= 15 is 0 Å². The number of hydrogen-bond acceptors (Lipinski definition) is 4. The summed E-state index contributed by atoms with van der Waals surface area (Å²) >= 11 is 0. The first-order chi connectivity index (χ1) is 9.75. The molecule has 5 heteroatoms. The standard InChI is InChI=1S/C16H22O4S/c1-12(2)16(17)11-5-4-6-15(16)20-21(18,19)14-9-7-13(3)8-10-14/h7-10,15,17H,1,4-6,11H2,2-3H3. The zero-order chi connectivity index (χ0) is 15.7. The van der Waals surface area contributed by atoms with E-state index < -0.39 is 21.8 Å². The Bertz CT molecular complexity index is 618. The summed E-state index contributed by atoms with van der Waals surface area (Å²) in [6, 6.07) is 6.49. The molecule has 1 aromatic carbocycles. The van der Waals surface area contributed by atoms with Crippen molar-refractivity contribution in [2.45, 2.75) is 56.1 Å². The lowest BCUT2D eigenvalue weighted by Gasteiger charge is -2.39. The highest BCUT2D eigenvalue weighted by Gasteiger charge is 2.43. The van der Waals surface area contributed by atoms with Gasteiger partial charge in [-0.1, -0.05) is 37.1 Å². The number of aliphatic hydroxyl groups is 1. The van der Waals surface area contributed by atoms with E-state index in [9.17, 15) is 13.5 Å². The maximum Gasteiger partial charge on any atom is 0.297 e. The third kappa shape index (κ3) is 3.36. The molecule has 0 radical (unpaired) electrons. The third-order valence-electron chi connectivity index (χ3n) is 4.10. The van der Waals surface area contributed by atoms with Crippen LogP contribution < -0.4 is 0 Å². The molecule has 1 aromatic rings. The molecule has 2 atom stereocenters. The van der Waals surface area contributed by atoms with Gasteiger partial charge in [0, 0.05) is 0 Å². The van der Waals surface area contributed by atoms with Crippen molar-refractivity contribution >= 4 is 10.1 Å². The summed E-state index contributed by atoms with van der Waals surface area (Å²) in [5.74, 6) is 0. The second-order valence-electron chi connectivity index (χ2n) is 5.80. The van der Waals surface area contributed by atoms with Crippen molar-refractivity contribution < 1.29 is 17.7 Å². The summed E-state index contributed by atoms with van der Waals surface area (Å²) in [5.41, 5.74) is 0.257. The second kappa shape index (κ2) is 5.91. The molecule has 0 heterocycles. The van der Waals surface area contributed by atoms with Crippen molar-refractivity contribution in [3.8, 4) is 0 Å². The van der Waals surface area contributed by atoms with Gasteiger partial charge in [0.15, 0.2) is 0 Å². The zero-order valence-corrected chi connectivity index (χ0v) is 13.3. The topological polar surface area (TPSA) is 63.6 Å². The Labute approximate surface area is 126 Å². The van der Waals surface area contributed by atoms with Crippen LogP contribution in [0.5, 0.6) is 0 Å². The maximum atomic E-state index is 12.4. The molecule has 1 aliphatic carbocycles. The van der Waals surface area contributed by atoms with Crippen molar-refractivity contribution in [2.24, 2.45) is 0 Å². The first-order valence-electron chi connectivity index (χ1n) is 7.14. The van der Waals surface area contributed by atoms with Crippen LogP contribution in [0.2, 0.25) is 0 Å². The molecule has 0 aromatic heterocycles. The molecule has 116 valence electrons. The molecule has 0 spiro atoms. The van der Waals surface area contributed by atoms with Crippen LogP contribution in [-0.2, 0) is 14.3 Å². The van der Waals surface area contributed by atoms with Gasteiger partial charge in [-0.15, -0.1) is 0 Å². The van der Waals surface area contributed by atoms with Gasteiger partial charge in [0.25, 0.3) is 10.1 Å². The second-order valence-corrected chi connectivity index (χ2v) is 7.37. The van der Waals surface area contributed by atoms with Crippen molar-refractivity contribution in [3.05, 3.63) is 42.0 Å². The van der Waals surface area contributed by atoms with Crippen LogP contribution in [0.3, 0.4) is 0 Å². The molecule has 2 rings (SSSR count). The lowest BCUT2D eigenvalue weighted by Crippen LogP contribution is -2.48. The minimum Gasteiger partial charge on any atom is -0.383 e. The smallest absolute Gasteiger partial charge is 0.297 e. The molecule has 0 amide bonds. The number of aryl methyl sites for hydroxylation is 1. The van der Waals surface area contributed by atoms with E-state index in [0.717, 1.165) is 18.4 Å². The van der Waals surface area contributed by atoms with E-state index in [1.807, 2.05) is 6.92 Å². The predicted octanol–water partition coefficient (Wildman–Crippen LogP) is 2.95. The minimum atomic E-state index is -3.88. The summed E-state index contributed by atoms with van der Waals surface area (Å²) in [6.07, 6.45) is 1.90. The van der Waals surface area contributed by atoms with Gasteiger partial charge < -0.3 is 5.11 Å². The first kappa shape index (κ1) is 16.2. The molecule has 0 aliphatic heterocycles. The van der Waals surface area contributed by atoms with Gasteiger partial charge in [-0.2, -0.15) is 8.42 Å². The van der Waals surface area contributed by atoms with Crippen LogP contribution in [0, 0.1) is 6.92 Å². The zero-order valence-electron chi connectivity index (χ0n) is 12.5. The lowest BCUT2D eigenvalue weighted by molar-refractivity contribution is -0.0573. The monoisotopic (exact) mass is 310 g/mol. The Morgan fingerprint density at radius 2 is 1.95 bits per heavy atom. The molecule has 0 bridgehead atoms. The maximum absolute atomic E-state index is 12.4. The Morgan fingerprint density at radius 1 is 1.33 bits per heavy atom.